The van der Waals surface area contributed by atoms with Crippen LogP contribution < -0.4 is 0 Å². The van der Waals surface area contributed by atoms with Crippen LogP contribution in [-0.4, -0.2) is 9.36 Å². The highest BCUT2D eigenvalue weighted by Gasteiger charge is 2.27. The maximum absolute atomic E-state index is 5.80. The van der Waals surface area contributed by atoms with Crippen molar-refractivity contribution < 1.29 is 0 Å². The van der Waals surface area contributed by atoms with Crippen molar-refractivity contribution in [2.45, 2.75) is 19.3 Å². The van der Waals surface area contributed by atoms with Crippen LogP contribution in [0.15, 0.2) is 30.3 Å². The first kappa shape index (κ1) is 10.6. The summed E-state index contributed by atoms with van der Waals surface area (Å²) in [6.07, 6.45) is 0. The Morgan fingerprint density at radius 1 is 1.20 bits per heavy atom. The molecule has 15 heavy (non-hydrogen) atoms. The largest absolute Gasteiger partial charge is 0.207 e. The summed E-state index contributed by atoms with van der Waals surface area (Å²) >= 11 is 7.03. The summed E-state index contributed by atoms with van der Waals surface area (Å²) < 4.78 is 4.76. The van der Waals surface area contributed by atoms with Crippen LogP contribution in [0.25, 0.3) is 0 Å². The lowest BCUT2D eigenvalue weighted by atomic mass is 9.84. The van der Waals surface area contributed by atoms with E-state index in [0.717, 1.165) is 5.82 Å². The molecule has 1 aromatic heterocycles. The Kier molecular flexibility index (Phi) is 2.76. The van der Waals surface area contributed by atoms with Gasteiger partial charge in [0.1, 0.15) is 0 Å². The van der Waals surface area contributed by atoms with E-state index in [1.54, 1.807) is 0 Å². The van der Waals surface area contributed by atoms with Crippen molar-refractivity contribution in [1.29, 1.82) is 0 Å². The molecule has 2 nitrogen and oxygen atoms in total. The van der Waals surface area contributed by atoms with Gasteiger partial charge in [-0.1, -0.05) is 30.3 Å². The third-order valence-electron chi connectivity index (χ3n) is 2.46. The summed E-state index contributed by atoms with van der Waals surface area (Å²) in [5, 5.41) is 0. The summed E-state index contributed by atoms with van der Waals surface area (Å²) in [5.74, 6) is 0.781. The van der Waals surface area contributed by atoms with E-state index in [1.165, 1.54) is 17.1 Å². The standard InChI is InChI=1S/C11H11ClN2S/c1-11(2,8-6-4-3-5-7-8)9-13-10(12)15-14-9/h3-7H,1-2H3. The van der Waals surface area contributed by atoms with E-state index >= 15 is 0 Å². The van der Waals surface area contributed by atoms with Gasteiger partial charge in [-0.05, 0) is 42.5 Å². The third-order valence-corrected chi connectivity index (χ3v) is 3.25. The number of nitrogens with zero attached hydrogens (tertiary/aromatic N) is 2. The number of halogens is 1. The van der Waals surface area contributed by atoms with Crippen molar-refractivity contribution in [2.24, 2.45) is 0 Å². The molecule has 78 valence electrons. The first-order chi connectivity index (χ1) is 7.10. The van der Waals surface area contributed by atoms with Crippen molar-refractivity contribution in [3.8, 4) is 0 Å². The molecule has 2 rings (SSSR count). The minimum Gasteiger partial charge on any atom is -0.207 e. The fraction of sp³-hybridized carbons (Fsp3) is 0.273. The van der Waals surface area contributed by atoms with E-state index in [9.17, 15) is 0 Å². The van der Waals surface area contributed by atoms with Crippen molar-refractivity contribution in [1.82, 2.24) is 9.36 Å². The molecule has 0 aliphatic heterocycles. The van der Waals surface area contributed by atoms with Gasteiger partial charge in [-0.3, -0.25) is 0 Å². The highest BCUT2D eigenvalue weighted by Crippen LogP contribution is 2.30. The molecule has 1 aromatic carbocycles. The van der Waals surface area contributed by atoms with E-state index < -0.39 is 0 Å². The Morgan fingerprint density at radius 2 is 1.87 bits per heavy atom. The number of hydrogen-bond donors (Lipinski definition) is 0. The summed E-state index contributed by atoms with van der Waals surface area (Å²) in [6.45, 7) is 4.20. The van der Waals surface area contributed by atoms with Crippen molar-refractivity contribution in [3.05, 3.63) is 46.2 Å². The van der Waals surface area contributed by atoms with Gasteiger partial charge in [0.2, 0.25) is 4.47 Å². The van der Waals surface area contributed by atoms with E-state index in [2.05, 4.69) is 35.3 Å². The summed E-state index contributed by atoms with van der Waals surface area (Å²) in [5.41, 5.74) is 1.00. The monoisotopic (exact) mass is 238 g/mol. The van der Waals surface area contributed by atoms with Crippen LogP contribution in [0.2, 0.25) is 4.47 Å². The molecular formula is C11H11ClN2S. The quantitative estimate of drug-likeness (QED) is 0.800. The summed E-state index contributed by atoms with van der Waals surface area (Å²) in [4.78, 5) is 4.23. The van der Waals surface area contributed by atoms with Crippen LogP contribution in [0, 0.1) is 0 Å². The lowest BCUT2D eigenvalue weighted by molar-refractivity contribution is 0.601. The Hall–Kier alpha value is -0.930. The molecule has 0 N–H and O–H groups in total. The first-order valence-electron chi connectivity index (χ1n) is 4.66. The molecule has 0 amide bonds. The SMILES string of the molecule is CC(C)(c1ccccc1)c1nsc(Cl)n1. The molecule has 0 spiro atoms. The first-order valence-corrected chi connectivity index (χ1v) is 5.81. The minimum absolute atomic E-state index is 0.190. The molecule has 0 aliphatic carbocycles. The van der Waals surface area contributed by atoms with Gasteiger partial charge in [0.15, 0.2) is 5.82 Å². The molecule has 4 heteroatoms. The van der Waals surface area contributed by atoms with Gasteiger partial charge in [0, 0.05) is 0 Å². The van der Waals surface area contributed by atoms with Gasteiger partial charge in [-0.25, -0.2) is 4.98 Å². The van der Waals surface area contributed by atoms with Gasteiger partial charge in [-0.2, -0.15) is 4.37 Å². The highest BCUT2D eigenvalue weighted by molar-refractivity contribution is 7.10. The zero-order valence-corrected chi connectivity index (χ0v) is 10.1. The number of hydrogen-bond acceptors (Lipinski definition) is 3. The van der Waals surface area contributed by atoms with E-state index in [-0.39, 0.29) is 5.41 Å². The molecule has 1 heterocycles. The zero-order valence-electron chi connectivity index (χ0n) is 8.57. The molecular weight excluding hydrogens is 228 g/mol. The molecule has 0 saturated heterocycles. The normalized spacial score (nSPS) is 11.7. The van der Waals surface area contributed by atoms with Crippen LogP contribution in [0.5, 0.6) is 0 Å². The Bertz CT molecular complexity index is 451. The average molecular weight is 239 g/mol. The Morgan fingerprint density at radius 3 is 2.40 bits per heavy atom. The molecule has 0 saturated carbocycles. The maximum Gasteiger partial charge on any atom is 0.203 e. The second kappa shape index (κ2) is 3.91. The molecule has 2 aromatic rings. The van der Waals surface area contributed by atoms with Crippen LogP contribution in [0.3, 0.4) is 0 Å². The minimum atomic E-state index is -0.190. The summed E-state index contributed by atoms with van der Waals surface area (Å²) in [6, 6.07) is 10.2. The number of rotatable bonds is 2. The lowest BCUT2D eigenvalue weighted by Crippen LogP contribution is -2.20. The second-order valence-corrected chi connectivity index (χ2v) is 5.20. The molecule has 0 radical (unpaired) electrons. The summed E-state index contributed by atoms with van der Waals surface area (Å²) in [7, 11) is 0. The van der Waals surface area contributed by atoms with Crippen molar-refractivity contribution in [2.75, 3.05) is 0 Å². The van der Waals surface area contributed by atoms with Crippen molar-refractivity contribution in [3.63, 3.8) is 0 Å². The number of aromatic nitrogens is 2. The topological polar surface area (TPSA) is 25.8 Å². The Balaban J connectivity index is 2.43. The van der Waals surface area contributed by atoms with E-state index in [1.807, 2.05) is 18.2 Å². The molecule has 0 atom stereocenters. The van der Waals surface area contributed by atoms with Gasteiger partial charge in [0.05, 0.1) is 5.41 Å². The van der Waals surface area contributed by atoms with Gasteiger partial charge >= 0.3 is 0 Å². The maximum atomic E-state index is 5.80. The fourth-order valence-corrected chi connectivity index (χ4v) is 2.18. The van der Waals surface area contributed by atoms with Crippen molar-refractivity contribution >= 4 is 23.1 Å². The average Bonchev–Trinajstić information content (AvgIpc) is 2.67. The van der Waals surface area contributed by atoms with Crippen LogP contribution in [-0.2, 0) is 5.41 Å². The third kappa shape index (κ3) is 2.03. The predicted molar refractivity (Wildman–Crippen MR) is 63.5 cm³/mol. The predicted octanol–water partition coefficient (Wildman–Crippen LogP) is 3.52. The van der Waals surface area contributed by atoms with E-state index in [0.29, 0.717) is 4.47 Å². The molecule has 0 unspecified atom stereocenters. The zero-order chi connectivity index (χ0) is 10.9. The van der Waals surface area contributed by atoms with Gasteiger partial charge in [-0.15, -0.1) is 0 Å². The molecule has 0 bridgehead atoms. The van der Waals surface area contributed by atoms with Gasteiger partial charge in [0.25, 0.3) is 0 Å². The Labute approximate surface area is 98.1 Å². The van der Waals surface area contributed by atoms with Crippen LogP contribution in [0.4, 0.5) is 0 Å². The molecule has 0 aliphatic rings. The lowest BCUT2D eigenvalue weighted by Gasteiger charge is -2.21. The second-order valence-electron chi connectivity index (χ2n) is 3.86. The van der Waals surface area contributed by atoms with Crippen LogP contribution >= 0.6 is 23.1 Å². The highest BCUT2D eigenvalue weighted by atomic mass is 35.5. The smallest absolute Gasteiger partial charge is 0.203 e. The van der Waals surface area contributed by atoms with E-state index in [4.69, 9.17) is 11.6 Å². The fourth-order valence-electron chi connectivity index (χ4n) is 1.44. The number of benzene rings is 1. The van der Waals surface area contributed by atoms with Crippen LogP contribution in [0.1, 0.15) is 25.2 Å². The van der Waals surface area contributed by atoms with Gasteiger partial charge < -0.3 is 0 Å². The molecule has 0 fully saturated rings.